The zero-order chi connectivity index (χ0) is 13.9. The van der Waals surface area contributed by atoms with Gasteiger partial charge in [-0.1, -0.05) is 29.8 Å². The van der Waals surface area contributed by atoms with E-state index in [2.05, 4.69) is 20.2 Å². The van der Waals surface area contributed by atoms with Crippen molar-refractivity contribution in [3.05, 3.63) is 46.2 Å². The summed E-state index contributed by atoms with van der Waals surface area (Å²) in [6, 6.07) is 9.61. The third-order valence-electron chi connectivity index (χ3n) is 3.49. The van der Waals surface area contributed by atoms with Crippen molar-refractivity contribution >= 4 is 5.95 Å². The highest BCUT2D eigenvalue weighted by atomic mass is 16.1. The Morgan fingerprint density at radius 3 is 2.55 bits per heavy atom. The van der Waals surface area contributed by atoms with Gasteiger partial charge in [-0.15, -0.1) is 0 Å². The summed E-state index contributed by atoms with van der Waals surface area (Å²) in [7, 11) is 0. The molecule has 104 valence electrons. The standard InChI is InChI=1S/C15H18N4O/c1-11-2-4-12(5-3-11)13-10-14(20)18-15(17-13)19-8-6-16-7-9-19/h2-5,10,16H,6-9H2,1H3,(H,17,18,20). The second-order valence-electron chi connectivity index (χ2n) is 5.06. The third kappa shape index (κ3) is 2.72. The molecule has 0 bridgehead atoms. The summed E-state index contributed by atoms with van der Waals surface area (Å²) in [5, 5.41) is 3.29. The van der Waals surface area contributed by atoms with Crippen molar-refractivity contribution in [3.8, 4) is 11.3 Å². The van der Waals surface area contributed by atoms with Crippen LogP contribution >= 0.6 is 0 Å². The van der Waals surface area contributed by atoms with Gasteiger partial charge in [0.15, 0.2) is 0 Å². The van der Waals surface area contributed by atoms with Crippen LogP contribution in [0.3, 0.4) is 0 Å². The van der Waals surface area contributed by atoms with Crippen molar-refractivity contribution in [1.82, 2.24) is 15.3 Å². The molecule has 0 atom stereocenters. The summed E-state index contributed by atoms with van der Waals surface area (Å²) in [6.07, 6.45) is 0. The number of benzene rings is 1. The monoisotopic (exact) mass is 270 g/mol. The lowest BCUT2D eigenvalue weighted by Crippen LogP contribution is -2.44. The third-order valence-corrected chi connectivity index (χ3v) is 3.49. The molecule has 5 heteroatoms. The van der Waals surface area contributed by atoms with Gasteiger partial charge in [0.05, 0.1) is 5.69 Å². The van der Waals surface area contributed by atoms with Crippen LogP contribution in [0.4, 0.5) is 5.95 Å². The van der Waals surface area contributed by atoms with E-state index in [9.17, 15) is 4.79 Å². The molecule has 5 nitrogen and oxygen atoms in total. The Labute approximate surface area is 117 Å². The molecular formula is C15H18N4O. The van der Waals surface area contributed by atoms with Gasteiger partial charge in [0.2, 0.25) is 5.95 Å². The summed E-state index contributed by atoms with van der Waals surface area (Å²) in [5.41, 5.74) is 2.78. The zero-order valence-corrected chi connectivity index (χ0v) is 11.5. The molecule has 0 spiro atoms. The number of hydrogen-bond acceptors (Lipinski definition) is 4. The van der Waals surface area contributed by atoms with Crippen molar-refractivity contribution < 1.29 is 0 Å². The van der Waals surface area contributed by atoms with Crippen LogP contribution in [-0.2, 0) is 0 Å². The second kappa shape index (κ2) is 5.46. The highest BCUT2D eigenvalue weighted by Crippen LogP contribution is 2.18. The number of nitrogens with one attached hydrogen (secondary N) is 2. The van der Waals surface area contributed by atoms with Gasteiger partial charge in [-0.05, 0) is 6.92 Å². The summed E-state index contributed by atoms with van der Waals surface area (Å²) in [4.78, 5) is 21.4. The first-order chi connectivity index (χ1) is 9.72. The molecule has 1 fully saturated rings. The molecule has 0 aliphatic carbocycles. The molecule has 1 aliphatic heterocycles. The number of H-pyrrole nitrogens is 1. The number of anilines is 1. The van der Waals surface area contributed by atoms with E-state index in [-0.39, 0.29) is 5.56 Å². The molecular weight excluding hydrogens is 252 g/mol. The van der Waals surface area contributed by atoms with Gasteiger partial charge in [0.1, 0.15) is 0 Å². The highest BCUT2D eigenvalue weighted by Gasteiger charge is 2.14. The van der Waals surface area contributed by atoms with Crippen LogP contribution in [-0.4, -0.2) is 36.1 Å². The second-order valence-corrected chi connectivity index (χ2v) is 5.06. The minimum atomic E-state index is -0.107. The maximum Gasteiger partial charge on any atom is 0.252 e. The van der Waals surface area contributed by atoms with Gasteiger partial charge >= 0.3 is 0 Å². The predicted octanol–water partition coefficient (Wildman–Crippen LogP) is 1.15. The first-order valence-corrected chi connectivity index (χ1v) is 6.86. The lowest BCUT2D eigenvalue weighted by Gasteiger charge is -2.27. The SMILES string of the molecule is Cc1ccc(-c2cc(=O)[nH]c(N3CCNCC3)n2)cc1. The fraction of sp³-hybridized carbons (Fsp3) is 0.333. The summed E-state index contributed by atoms with van der Waals surface area (Å²) in [6.45, 7) is 5.60. The Morgan fingerprint density at radius 1 is 1.15 bits per heavy atom. The largest absolute Gasteiger partial charge is 0.340 e. The highest BCUT2D eigenvalue weighted by molar-refractivity contribution is 5.60. The van der Waals surface area contributed by atoms with E-state index in [1.807, 2.05) is 31.2 Å². The van der Waals surface area contributed by atoms with Gasteiger partial charge in [0, 0.05) is 37.8 Å². The van der Waals surface area contributed by atoms with E-state index in [1.54, 1.807) is 6.07 Å². The normalized spacial score (nSPS) is 15.3. The molecule has 0 amide bonds. The maximum absolute atomic E-state index is 11.9. The molecule has 1 aromatic heterocycles. The molecule has 20 heavy (non-hydrogen) atoms. The van der Waals surface area contributed by atoms with Gasteiger partial charge in [-0.2, -0.15) is 0 Å². The van der Waals surface area contributed by atoms with Crippen LogP contribution in [0.1, 0.15) is 5.56 Å². The molecule has 1 aromatic carbocycles. The van der Waals surface area contributed by atoms with Gasteiger partial charge < -0.3 is 10.2 Å². The molecule has 0 saturated carbocycles. The first-order valence-electron chi connectivity index (χ1n) is 6.86. The van der Waals surface area contributed by atoms with Gasteiger partial charge in [-0.25, -0.2) is 4.98 Å². The minimum Gasteiger partial charge on any atom is -0.340 e. The molecule has 0 unspecified atom stereocenters. The fourth-order valence-corrected chi connectivity index (χ4v) is 2.34. The molecule has 3 rings (SSSR count). The Balaban J connectivity index is 1.97. The average Bonchev–Trinajstić information content (AvgIpc) is 2.48. The Hall–Kier alpha value is -2.14. The van der Waals surface area contributed by atoms with Crippen LogP contribution in [0, 0.1) is 6.92 Å². The van der Waals surface area contributed by atoms with E-state index >= 15 is 0 Å². The zero-order valence-electron chi connectivity index (χ0n) is 11.5. The number of piperazine rings is 1. The maximum atomic E-state index is 11.9. The van der Waals surface area contributed by atoms with E-state index in [0.29, 0.717) is 5.95 Å². The molecule has 2 N–H and O–H groups in total. The molecule has 0 radical (unpaired) electrons. The molecule has 1 aliphatic rings. The average molecular weight is 270 g/mol. The van der Waals surface area contributed by atoms with E-state index in [4.69, 9.17) is 0 Å². The lowest BCUT2D eigenvalue weighted by atomic mass is 10.1. The summed E-state index contributed by atoms with van der Waals surface area (Å²) < 4.78 is 0. The van der Waals surface area contributed by atoms with Crippen molar-refractivity contribution in [2.75, 3.05) is 31.1 Å². The van der Waals surface area contributed by atoms with Crippen LogP contribution in [0.15, 0.2) is 35.1 Å². The fourth-order valence-electron chi connectivity index (χ4n) is 2.34. The van der Waals surface area contributed by atoms with Crippen LogP contribution in [0.2, 0.25) is 0 Å². The van der Waals surface area contributed by atoms with Gasteiger partial charge in [-0.3, -0.25) is 9.78 Å². The first kappa shape index (κ1) is 12.9. The predicted molar refractivity (Wildman–Crippen MR) is 80.1 cm³/mol. The number of nitrogens with zero attached hydrogens (tertiary/aromatic N) is 2. The lowest BCUT2D eigenvalue weighted by molar-refractivity contribution is 0.579. The van der Waals surface area contributed by atoms with Crippen LogP contribution < -0.4 is 15.8 Å². The van der Waals surface area contributed by atoms with E-state index in [1.165, 1.54) is 5.56 Å². The van der Waals surface area contributed by atoms with Gasteiger partial charge in [0.25, 0.3) is 5.56 Å². The summed E-state index contributed by atoms with van der Waals surface area (Å²) >= 11 is 0. The number of aryl methyl sites for hydroxylation is 1. The Kier molecular flexibility index (Phi) is 3.52. The van der Waals surface area contributed by atoms with E-state index < -0.39 is 0 Å². The number of aromatic amines is 1. The Bertz CT molecular complexity index is 642. The summed E-state index contributed by atoms with van der Waals surface area (Å²) in [5.74, 6) is 0.662. The van der Waals surface area contributed by atoms with Crippen molar-refractivity contribution in [2.45, 2.75) is 6.92 Å². The van der Waals surface area contributed by atoms with Crippen LogP contribution in [0.25, 0.3) is 11.3 Å². The minimum absolute atomic E-state index is 0.107. The molecule has 1 saturated heterocycles. The number of hydrogen-bond donors (Lipinski definition) is 2. The topological polar surface area (TPSA) is 61.0 Å². The quantitative estimate of drug-likeness (QED) is 0.859. The Morgan fingerprint density at radius 2 is 1.85 bits per heavy atom. The van der Waals surface area contributed by atoms with Crippen molar-refractivity contribution in [1.29, 1.82) is 0 Å². The molecule has 2 aromatic rings. The smallest absolute Gasteiger partial charge is 0.252 e. The number of rotatable bonds is 2. The van der Waals surface area contributed by atoms with Crippen LogP contribution in [0.5, 0.6) is 0 Å². The van der Waals surface area contributed by atoms with E-state index in [0.717, 1.165) is 37.4 Å². The molecule has 2 heterocycles. The van der Waals surface area contributed by atoms with Crippen molar-refractivity contribution in [3.63, 3.8) is 0 Å². The van der Waals surface area contributed by atoms with Crippen molar-refractivity contribution in [2.24, 2.45) is 0 Å². The number of aromatic nitrogens is 2.